The third-order valence-electron chi connectivity index (χ3n) is 6.22. The Morgan fingerprint density at radius 2 is 1.76 bits per heavy atom. The van der Waals surface area contributed by atoms with Gasteiger partial charge in [0, 0.05) is 52.5 Å². The van der Waals surface area contributed by atoms with Crippen molar-refractivity contribution in [2.45, 2.75) is 26.4 Å². The van der Waals surface area contributed by atoms with Gasteiger partial charge < -0.3 is 20.4 Å². The number of aromatic nitrogens is 1. The molecule has 0 amide bonds. The van der Waals surface area contributed by atoms with Gasteiger partial charge in [-0.05, 0) is 43.4 Å². The molecule has 1 fully saturated rings. The van der Waals surface area contributed by atoms with Crippen LogP contribution in [0.2, 0.25) is 0 Å². The Balaban J connectivity index is 0.00000385. The number of anilines is 1. The topological polar surface area (TPSA) is 59.0 Å². The van der Waals surface area contributed by atoms with Crippen molar-refractivity contribution in [3.05, 3.63) is 59.8 Å². The molecule has 0 saturated carbocycles. The molecule has 2 N–H and O–H groups in total. The smallest absolute Gasteiger partial charge is 0.191 e. The van der Waals surface area contributed by atoms with Crippen LogP contribution >= 0.6 is 24.0 Å². The van der Waals surface area contributed by atoms with Crippen LogP contribution in [0.15, 0.2) is 53.7 Å². The van der Waals surface area contributed by atoms with Gasteiger partial charge in [-0.1, -0.05) is 44.2 Å². The second-order valence-electron chi connectivity index (χ2n) is 8.27. The van der Waals surface area contributed by atoms with Crippen molar-refractivity contribution in [2.75, 3.05) is 64.8 Å². The number of nitrogens with one attached hydrogen (secondary N) is 2. The van der Waals surface area contributed by atoms with E-state index in [0.29, 0.717) is 12.6 Å². The zero-order valence-corrected chi connectivity index (χ0v) is 22.8. The highest BCUT2D eigenvalue weighted by atomic mass is 127. The van der Waals surface area contributed by atoms with Crippen LogP contribution in [0.25, 0.3) is 0 Å². The molecule has 1 atom stereocenters. The van der Waals surface area contributed by atoms with Gasteiger partial charge in [-0.25, -0.2) is 4.98 Å². The summed E-state index contributed by atoms with van der Waals surface area (Å²) in [4.78, 5) is 16.2. The summed E-state index contributed by atoms with van der Waals surface area (Å²) in [5.41, 5.74) is 2.53. The van der Waals surface area contributed by atoms with E-state index < -0.39 is 0 Å². The molecule has 1 aromatic carbocycles. The molecular formula is C25H40IN7. The Labute approximate surface area is 216 Å². The Kier molecular flexibility index (Phi) is 11.9. The lowest BCUT2D eigenvalue weighted by molar-refractivity contribution is 0.219. The van der Waals surface area contributed by atoms with Crippen molar-refractivity contribution in [2.24, 2.45) is 4.99 Å². The SMILES string of the molecule is CCN(CC)C(CNC(=NC)NCc1ccnc(N2CCN(C)CC2)c1)c1ccccc1.I. The van der Waals surface area contributed by atoms with Gasteiger partial charge in [-0.15, -0.1) is 24.0 Å². The summed E-state index contributed by atoms with van der Waals surface area (Å²) >= 11 is 0. The van der Waals surface area contributed by atoms with Crippen LogP contribution in [-0.2, 0) is 6.54 Å². The molecular weight excluding hydrogens is 525 g/mol. The predicted molar refractivity (Wildman–Crippen MR) is 150 cm³/mol. The Bertz CT molecular complexity index is 834. The standard InChI is InChI=1S/C25H39N7.HI/c1-5-31(6-2)23(22-10-8-7-9-11-22)20-29-25(26-3)28-19-21-12-13-27-24(18-21)32-16-14-30(4)15-17-32;/h7-13,18,23H,5-6,14-17,19-20H2,1-4H3,(H2,26,28,29);1H. The second kappa shape index (κ2) is 14.4. The molecule has 2 heterocycles. The van der Waals surface area contributed by atoms with E-state index in [0.717, 1.165) is 57.6 Å². The molecule has 1 aliphatic rings. The molecule has 1 saturated heterocycles. The first-order chi connectivity index (χ1) is 15.6. The van der Waals surface area contributed by atoms with Crippen LogP contribution in [0.5, 0.6) is 0 Å². The highest BCUT2D eigenvalue weighted by molar-refractivity contribution is 14.0. The van der Waals surface area contributed by atoms with Crippen LogP contribution in [0.1, 0.15) is 31.0 Å². The lowest BCUT2D eigenvalue weighted by Crippen LogP contribution is -2.45. The highest BCUT2D eigenvalue weighted by Gasteiger charge is 2.18. The molecule has 1 unspecified atom stereocenters. The third kappa shape index (κ3) is 8.12. The maximum atomic E-state index is 4.59. The summed E-state index contributed by atoms with van der Waals surface area (Å²) < 4.78 is 0. The normalized spacial score (nSPS) is 15.8. The Morgan fingerprint density at radius 1 is 1.06 bits per heavy atom. The molecule has 0 aliphatic carbocycles. The Hall–Kier alpha value is -1.91. The molecule has 182 valence electrons. The van der Waals surface area contributed by atoms with Gasteiger partial charge in [-0.3, -0.25) is 9.89 Å². The molecule has 0 radical (unpaired) electrons. The maximum absolute atomic E-state index is 4.59. The van der Waals surface area contributed by atoms with E-state index in [4.69, 9.17) is 0 Å². The minimum atomic E-state index is 0. The minimum absolute atomic E-state index is 0. The number of likely N-dealkylation sites (N-methyl/N-ethyl adjacent to an activating group) is 2. The van der Waals surface area contributed by atoms with Crippen LogP contribution < -0.4 is 15.5 Å². The van der Waals surface area contributed by atoms with Crippen molar-refractivity contribution < 1.29 is 0 Å². The largest absolute Gasteiger partial charge is 0.354 e. The zero-order chi connectivity index (χ0) is 22.8. The van der Waals surface area contributed by atoms with Gasteiger partial charge in [0.05, 0.1) is 6.04 Å². The number of hydrogen-bond acceptors (Lipinski definition) is 5. The third-order valence-corrected chi connectivity index (χ3v) is 6.22. The summed E-state index contributed by atoms with van der Waals surface area (Å²) in [6.07, 6.45) is 1.91. The summed E-state index contributed by atoms with van der Waals surface area (Å²) in [5, 5.41) is 7.01. The summed E-state index contributed by atoms with van der Waals surface area (Å²) in [6.45, 7) is 12.2. The lowest BCUT2D eigenvalue weighted by atomic mass is 10.1. The minimum Gasteiger partial charge on any atom is -0.354 e. The number of nitrogens with zero attached hydrogens (tertiary/aromatic N) is 5. The molecule has 0 spiro atoms. The average molecular weight is 566 g/mol. The van der Waals surface area contributed by atoms with Gasteiger partial charge in [0.2, 0.25) is 0 Å². The van der Waals surface area contributed by atoms with Crippen molar-refractivity contribution in [3.63, 3.8) is 0 Å². The first-order valence-corrected chi connectivity index (χ1v) is 11.8. The fraction of sp³-hybridized carbons (Fsp3) is 0.520. The summed E-state index contributed by atoms with van der Waals surface area (Å²) in [5.74, 6) is 1.88. The summed E-state index contributed by atoms with van der Waals surface area (Å²) in [6, 6.07) is 15.3. The first-order valence-electron chi connectivity index (χ1n) is 11.8. The Morgan fingerprint density at radius 3 is 2.39 bits per heavy atom. The van der Waals surface area contributed by atoms with E-state index >= 15 is 0 Å². The molecule has 1 aliphatic heterocycles. The van der Waals surface area contributed by atoms with Gasteiger partial charge in [-0.2, -0.15) is 0 Å². The number of benzene rings is 1. The molecule has 3 rings (SSSR count). The molecule has 33 heavy (non-hydrogen) atoms. The van der Waals surface area contributed by atoms with E-state index in [9.17, 15) is 0 Å². The lowest BCUT2D eigenvalue weighted by Gasteiger charge is -2.33. The molecule has 2 aromatic rings. The molecule has 0 bridgehead atoms. The van der Waals surface area contributed by atoms with E-state index in [1.54, 1.807) is 0 Å². The molecule has 8 heteroatoms. The average Bonchev–Trinajstić information content (AvgIpc) is 2.84. The number of guanidine groups is 1. The van der Waals surface area contributed by atoms with E-state index in [-0.39, 0.29) is 24.0 Å². The highest BCUT2D eigenvalue weighted by Crippen LogP contribution is 2.19. The van der Waals surface area contributed by atoms with Crippen molar-refractivity contribution in [1.29, 1.82) is 0 Å². The number of piperazine rings is 1. The number of pyridine rings is 1. The number of halogens is 1. The van der Waals surface area contributed by atoms with Gasteiger partial charge >= 0.3 is 0 Å². The number of rotatable bonds is 9. The van der Waals surface area contributed by atoms with Gasteiger partial charge in [0.25, 0.3) is 0 Å². The van der Waals surface area contributed by atoms with E-state index in [1.807, 2.05) is 13.2 Å². The monoisotopic (exact) mass is 565 g/mol. The van der Waals surface area contributed by atoms with Crippen LogP contribution in [-0.4, -0.2) is 80.7 Å². The summed E-state index contributed by atoms with van der Waals surface area (Å²) in [7, 11) is 4.00. The maximum Gasteiger partial charge on any atom is 0.191 e. The fourth-order valence-electron chi connectivity index (χ4n) is 4.18. The van der Waals surface area contributed by atoms with Gasteiger partial charge in [0.15, 0.2) is 5.96 Å². The molecule has 7 nitrogen and oxygen atoms in total. The van der Waals surface area contributed by atoms with E-state index in [2.05, 4.69) is 98.7 Å². The fourth-order valence-corrected chi connectivity index (χ4v) is 4.18. The van der Waals surface area contributed by atoms with Crippen LogP contribution in [0.4, 0.5) is 5.82 Å². The first kappa shape index (κ1) is 27.3. The van der Waals surface area contributed by atoms with Gasteiger partial charge in [0.1, 0.15) is 5.82 Å². The number of hydrogen-bond donors (Lipinski definition) is 2. The zero-order valence-electron chi connectivity index (χ0n) is 20.5. The van der Waals surface area contributed by atoms with Crippen LogP contribution in [0.3, 0.4) is 0 Å². The number of aliphatic imine (C=N–C) groups is 1. The quantitative estimate of drug-likeness (QED) is 0.277. The predicted octanol–water partition coefficient (Wildman–Crippen LogP) is 3.20. The van der Waals surface area contributed by atoms with E-state index in [1.165, 1.54) is 11.1 Å². The second-order valence-corrected chi connectivity index (χ2v) is 8.27. The van der Waals surface area contributed by atoms with Crippen molar-refractivity contribution in [1.82, 2.24) is 25.4 Å². The molecule has 1 aromatic heterocycles. The van der Waals surface area contributed by atoms with Crippen molar-refractivity contribution in [3.8, 4) is 0 Å². The van der Waals surface area contributed by atoms with Crippen molar-refractivity contribution >= 4 is 35.8 Å². The van der Waals surface area contributed by atoms with Crippen LogP contribution in [0, 0.1) is 0 Å².